The Morgan fingerprint density at radius 3 is 2.81 bits per heavy atom. The molecule has 6 heterocycles. The van der Waals surface area contributed by atoms with E-state index >= 15 is 4.39 Å². The maximum atomic E-state index is 17.1. The minimum atomic E-state index is -0.651. The average molecular weight is 635 g/mol. The van der Waals surface area contributed by atoms with E-state index in [0.29, 0.717) is 46.7 Å². The number of aromatic nitrogens is 3. The van der Waals surface area contributed by atoms with Crippen LogP contribution >= 0.6 is 0 Å². The molecule has 4 atom stereocenters. The van der Waals surface area contributed by atoms with E-state index in [1.165, 1.54) is 11.6 Å². The van der Waals surface area contributed by atoms with E-state index in [4.69, 9.17) is 30.8 Å². The molecule has 10 heteroatoms. The van der Waals surface area contributed by atoms with Crippen LogP contribution in [0.3, 0.4) is 0 Å². The number of pyridine rings is 1. The number of ether oxygens (including phenoxy) is 2. The summed E-state index contributed by atoms with van der Waals surface area (Å²) in [6.45, 7) is 10.2. The fourth-order valence-corrected chi connectivity index (χ4v) is 8.37. The van der Waals surface area contributed by atoms with Gasteiger partial charge in [0.2, 0.25) is 5.88 Å². The zero-order valence-corrected chi connectivity index (χ0v) is 26.4. The van der Waals surface area contributed by atoms with Crippen molar-refractivity contribution >= 4 is 27.5 Å². The maximum absolute atomic E-state index is 17.1. The van der Waals surface area contributed by atoms with Crippen molar-refractivity contribution in [2.45, 2.75) is 63.3 Å². The Kier molecular flexibility index (Phi) is 6.50. The smallest absolute Gasteiger partial charge is 0.319 e. The van der Waals surface area contributed by atoms with Gasteiger partial charge in [0.1, 0.15) is 34.3 Å². The highest BCUT2D eigenvalue weighted by molar-refractivity contribution is 6.03. The third-order valence-electron chi connectivity index (χ3n) is 10.9. The quantitative estimate of drug-likeness (QED) is 0.217. The van der Waals surface area contributed by atoms with Crippen LogP contribution < -0.4 is 19.7 Å². The molecule has 1 N–H and O–H groups in total. The molecular formula is C37H36F2N6O2. The summed E-state index contributed by atoms with van der Waals surface area (Å²) in [7, 11) is 0. The summed E-state index contributed by atoms with van der Waals surface area (Å²) >= 11 is 0. The van der Waals surface area contributed by atoms with Gasteiger partial charge in [-0.1, -0.05) is 42.3 Å². The number of rotatable bonds is 6. The van der Waals surface area contributed by atoms with Gasteiger partial charge < -0.3 is 19.7 Å². The van der Waals surface area contributed by atoms with Crippen LogP contribution in [0.5, 0.6) is 11.9 Å². The van der Waals surface area contributed by atoms with Crippen LogP contribution in [0.2, 0.25) is 0 Å². The molecule has 2 bridgehead atoms. The molecule has 4 aliphatic heterocycles. The summed E-state index contributed by atoms with van der Waals surface area (Å²) in [5.74, 6) is 2.10. The molecule has 2 aromatic carbocycles. The first-order chi connectivity index (χ1) is 22.8. The van der Waals surface area contributed by atoms with Crippen LogP contribution in [0, 0.1) is 29.4 Å². The highest BCUT2D eigenvalue weighted by Crippen LogP contribution is 2.48. The normalized spacial score (nSPS) is 25.8. The van der Waals surface area contributed by atoms with Crippen molar-refractivity contribution in [3.63, 3.8) is 0 Å². The van der Waals surface area contributed by atoms with Crippen molar-refractivity contribution < 1.29 is 18.3 Å². The lowest BCUT2D eigenvalue weighted by molar-refractivity contribution is 0.154. The van der Waals surface area contributed by atoms with Crippen molar-refractivity contribution in [1.82, 2.24) is 25.2 Å². The Labute approximate surface area is 272 Å². The first-order valence-corrected chi connectivity index (χ1v) is 16.6. The molecule has 5 aliphatic rings. The Bertz CT molecular complexity index is 2020. The van der Waals surface area contributed by atoms with Crippen molar-refractivity contribution in [1.29, 1.82) is 0 Å². The number of benzene rings is 2. The molecule has 9 rings (SSSR count). The molecule has 3 saturated heterocycles. The number of likely N-dealkylation sites (tertiary alicyclic amines) is 1. The number of piperazine rings is 1. The Balaban J connectivity index is 1.20. The fourth-order valence-electron chi connectivity index (χ4n) is 8.37. The number of nitrogens with zero attached hydrogens (tertiary/aromatic N) is 5. The molecule has 2 aromatic heterocycles. The van der Waals surface area contributed by atoms with Crippen LogP contribution in [0.15, 0.2) is 42.5 Å². The van der Waals surface area contributed by atoms with Crippen LogP contribution in [-0.2, 0) is 0 Å². The summed E-state index contributed by atoms with van der Waals surface area (Å²) < 4.78 is 45.1. The van der Waals surface area contributed by atoms with Gasteiger partial charge in [-0.25, -0.2) is 13.8 Å². The van der Waals surface area contributed by atoms with E-state index in [1.54, 1.807) is 18.2 Å². The van der Waals surface area contributed by atoms with Gasteiger partial charge in [0.15, 0.2) is 5.82 Å². The monoisotopic (exact) mass is 634 g/mol. The SMILES string of the molecule is C#Cc1c(F)ccc2cccc(-c3nc4c5c(nc(OCC6(CN7CCC(=C)C7)CC6)nc5c3F)N3C[C@H]5CC[C@H](N5)[C@H]3[C@H](C)O4)c12. The Morgan fingerprint density at radius 1 is 1.15 bits per heavy atom. The molecule has 1 aliphatic carbocycles. The van der Waals surface area contributed by atoms with Crippen LogP contribution in [0.25, 0.3) is 32.9 Å². The molecular weight excluding hydrogens is 598 g/mol. The standard InChI is InChI=1S/C37H36F2N6O2/c1-4-24-26(38)10-8-22-6-5-7-25(28(22)24)31-30(39)32-29-34(45-17-23-9-11-27(40-23)33(45)21(3)47-35(29)41-31)43-36(42-32)46-19-37(13-14-37)18-44-15-12-20(2)16-44/h1,5-8,10,21,23,27,33,40H,2,9,11-19H2,3H3/t21-,23+,27-,33+/m0/s1. The summed E-state index contributed by atoms with van der Waals surface area (Å²) in [5, 5.41) is 5.27. The second-order valence-corrected chi connectivity index (χ2v) is 14.1. The first kappa shape index (κ1) is 28.9. The zero-order chi connectivity index (χ0) is 32.0. The molecule has 240 valence electrons. The van der Waals surface area contributed by atoms with Crippen LogP contribution in [0.4, 0.5) is 14.6 Å². The van der Waals surface area contributed by atoms with Gasteiger partial charge in [0, 0.05) is 54.6 Å². The van der Waals surface area contributed by atoms with Crippen molar-refractivity contribution in [2.24, 2.45) is 5.41 Å². The van der Waals surface area contributed by atoms with E-state index < -0.39 is 11.6 Å². The highest BCUT2D eigenvalue weighted by atomic mass is 19.1. The predicted octanol–water partition coefficient (Wildman–Crippen LogP) is 5.62. The lowest BCUT2D eigenvalue weighted by Gasteiger charge is -2.42. The molecule has 0 amide bonds. The molecule has 0 radical (unpaired) electrons. The number of nitrogens with one attached hydrogen (secondary N) is 1. The highest BCUT2D eigenvalue weighted by Gasteiger charge is 2.48. The van der Waals surface area contributed by atoms with Crippen molar-refractivity contribution in [3.05, 3.63) is 59.7 Å². The topological polar surface area (TPSA) is 75.6 Å². The number of hydrogen-bond acceptors (Lipinski definition) is 8. The van der Waals surface area contributed by atoms with Gasteiger partial charge in [-0.3, -0.25) is 4.90 Å². The summed E-state index contributed by atoms with van der Waals surface area (Å²) in [4.78, 5) is 19.2. The number of hydrogen-bond donors (Lipinski definition) is 1. The Morgan fingerprint density at radius 2 is 2.02 bits per heavy atom. The van der Waals surface area contributed by atoms with E-state index in [0.717, 1.165) is 51.7 Å². The Hall–Kier alpha value is -4.33. The van der Waals surface area contributed by atoms with Gasteiger partial charge in [-0.15, -0.1) is 6.42 Å². The molecule has 47 heavy (non-hydrogen) atoms. The van der Waals surface area contributed by atoms with E-state index in [-0.39, 0.29) is 52.3 Å². The molecule has 0 unspecified atom stereocenters. The van der Waals surface area contributed by atoms with Gasteiger partial charge in [-0.2, -0.15) is 9.97 Å². The van der Waals surface area contributed by atoms with Crippen LogP contribution in [0.1, 0.15) is 44.6 Å². The van der Waals surface area contributed by atoms with Gasteiger partial charge in [-0.05, 0) is 50.5 Å². The lowest BCUT2D eigenvalue weighted by atomic mass is 9.96. The molecule has 4 fully saturated rings. The van der Waals surface area contributed by atoms with E-state index in [9.17, 15) is 4.39 Å². The number of halogens is 2. The summed E-state index contributed by atoms with van der Waals surface area (Å²) in [6.07, 6.45) is 10.7. The molecule has 0 spiro atoms. The zero-order valence-electron chi connectivity index (χ0n) is 26.4. The third kappa shape index (κ3) is 4.66. The third-order valence-corrected chi connectivity index (χ3v) is 10.9. The second-order valence-electron chi connectivity index (χ2n) is 14.1. The maximum Gasteiger partial charge on any atom is 0.319 e. The number of anilines is 1. The predicted molar refractivity (Wildman–Crippen MR) is 177 cm³/mol. The van der Waals surface area contributed by atoms with Gasteiger partial charge >= 0.3 is 6.01 Å². The van der Waals surface area contributed by atoms with Crippen molar-refractivity contribution in [3.8, 4) is 35.5 Å². The summed E-state index contributed by atoms with van der Waals surface area (Å²) in [5.41, 5.74) is 1.79. The summed E-state index contributed by atoms with van der Waals surface area (Å²) in [6, 6.07) is 8.88. The van der Waals surface area contributed by atoms with Gasteiger partial charge in [0.05, 0.1) is 18.2 Å². The molecule has 1 saturated carbocycles. The van der Waals surface area contributed by atoms with Crippen LogP contribution in [-0.4, -0.2) is 76.9 Å². The van der Waals surface area contributed by atoms with E-state index in [1.807, 2.05) is 13.0 Å². The molecule has 4 aromatic rings. The number of terminal acetylenes is 1. The van der Waals surface area contributed by atoms with E-state index in [2.05, 4.69) is 27.6 Å². The van der Waals surface area contributed by atoms with Gasteiger partial charge in [0.25, 0.3) is 0 Å². The minimum absolute atomic E-state index is 0.00422. The fraction of sp³-hybridized carbons (Fsp3) is 0.432. The van der Waals surface area contributed by atoms with Crippen molar-refractivity contribution in [2.75, 3.05) is 37.7 Å². The largest absolute Gasteiger partial charge is 0.472 e. The minimum Gasteiger partial charge on any atom is -0.472 e. The number of fused-ring (bicyclic) bond motifs is 6. The second kappa shape index (κ2) is 10.6. The lowest BCUT2D eigenvalue weighted by Crippen LogP contribution is -2.62. The molecule has 8 nitrogen and oxygen atoms in total. The first-order valence-electron chi connectivity index (χ1n) is 16.6. The average Bonchev–Trinajstić information content (AvgIpc) is 3.59.